The zero-order valence-electron chi connectivity index (χ0n) is 13.6. The fraction of sp³-hybridized carbons (Fsp3) is 0.471. The monoisotopic (exact) mass is 321 g/mol. The first-order chi connectivity index (χ1) is 11.0. The summed E-state index contributed by atoms with van der Waals surface area (Å²) >= 11 is 0. The van der Waals surface area contributed by atoms with Crippen LogP contribution >= 0.6 is 0 Å². The number of benzene rings is 1. The van der Waals surface area contributed by atoms with E-state index in [0.29, 0.717) is 24.9 Å². The van der Waals surface area contributed by atoms with Crippen molar-refractivity contribution in [1.82, 2.24) is 5.32 Å². The minimum absolute atomic E-state index is 0.0296. The van der Waals surface area contributed by atoms with Gasteiger partial charge in [-0.1, -0.05) is 17.7 Å². The fourth-order valence-electron chi connectivity index (χ4n) is 1.79. The van der Waals surface area contributed by atoms with Gasteiger partial charge >= 0.3 is 11.9 Å². The van der Waals surface area contributed by atoms with Crippen LogP contribution < -0.4 is 5.32 Å². The van der Waals surface area contributed by atoms with Crippen molar-refractivity contribution >= 4 is 17.7 Å². The van der Waals surface area contributed by atoms with E-state index in [1.54, 1.807) is 12.1 Å². The lowest BCUT2D eigenvalue weighted by atomic mass is 10.1. The third kappa shape index (κ3) is 8.73. The molecule has 1 rings (SSSR count). The Balaban J connectivity index is 2.06. The summed E-state index contributed by atoms with van der Waals surface area (Å²) in [5.74, 6) is -0.688. The van der Waals surface area contributed by atoms with Crippen LogP contribution in [0.25, 0.3) is 0 Å². The molecule has 0 saturated heterocycles. The van der Waals surface area contributed by atoms with Crippen LogP contribution in [-0.2, 0) is 19.1 Å². The number of hydrogen-bond donors (Lipinski definition) is 1. The van der Waals surface area contributed by atoms with Crippen molar-refractivity contribution in [2.24, 2.45) is 0 Å². The molecule has 0 aromatic heterocycles. The molecule has 126 valence electrons. The van der Waals surface area contributed by atoms with Crippen molar-refractivity contribution in [3.8, 4) is 0 Å². The number of rotatable bonds is 10. The number of aryl methyl sites for hydroxylation is 1. The SMILES string of the molecule is CC(=O)OCCCC(=O)CNCCOC(=O)c1ccc(C)cc1. The standard InChI is InChI=1S/C17H23NO5/c1-13-5-7-15(8-6-13)17(21)23-11-9-18-12-16(20)4-3-10-22-14(2)19/h5-8,18H,3-4,9-12H2,1-2H3. The van der Waals surface area contributed by atoms with Crippen LogP contribution in [-0.4, -0.2) is 44.0 Å². The van der Waals surface area contributed by atoms with Gasteiger partial charge in [0, 0.05) is 19.9 Å². The molecule has 0 radical (unpaired) electrons. The molecule has 0 amide bonds. The average Bonchev–Trinajstić information content (AvgIpc) is 2.51. The molecule has 0 aliphatic carbocycles. The van der Waals surface area contributed by atoms with E-state index in [2.05, 4.69) is 5.32 Å². The highest BCUT2D eigenvalue weighted by Crippen LogP contribution is 2.04. The summed E-state index contributed by atoms with van der Waals surface area (Å²) < 4.78 is 9.85. The van der Waals surface area contributed by atoms with E-state index in [1.807, 2.05) is 19.1 Å². The van der Waals surface area contributed by atoms with Crippen molar-refractivity contribution in [3.05, 3.63) is 35.4 Å². The molecule has 0 saturated carbocycles. The molecular formula is C17H23NO5. The predicted molar refractivity (Wildman–Crippen MR) is 85.2 cm³/mol. The maximum absolute atomic E-state index is 11.7. The summed E-state index contributed by atoms with van der Waals surface area (Å²) in [4.78, 5) is 33.8. The van der Waals surface area contributed by atoms with Gasteiger partial charge in [0.2, 0.25) is 0 Å². The fourth-order valence-corrected chi connectivity index (χ4v) is 1.79. The highest BCUT2D eigenvalue weighted by atomic mass is 16.5. The van der Waals surface area contributed by atoms with Crippen molar-refractivity contribution in [2.75, 3.05) is 26.3 Å². The Labute approximate surface area is 136 Å². The van der Waals surface area contributed by atoms with Gasteiger partial charge in [-0.25, -0.2) is 4.79 Å². The van der Waals surface area contributed by atoms with Crippen molar-refractivity contribution in [3.63, 3.8) is 0 Å². The Bertz CT molecular complexity index is 524. The van der Waals surface area contributed by atoms with Gasteiger partial charge in [-0.15, -0.1) is 0 Å². The maximum Gasteiger partial charge on any atom is 0.338 e. The molecule has 0 fully saturated rings. The van der Waals surface area contributed by atoms with E-state index in [9.17, 15) is 14.4 Å². The summed E-state index contributed by atoms with van der Waals surface area (Å²) in [6.45, 7) is 4.36. The molecular weight excluding hydrogens is 298 g/mol. The second-order valence-electron chi connectivity index (χ2n) is 5.16. The summed E-state index contributed by atoms with van der Waals surface area (Å²) in [5.41, 5.74) is 1.59. The second kappa shape index (κ2) is 10.5. The number of Topliss-reactive ketones (excluding diaryl/α,β-unsaturated/α-hetero) is 1. The molecule has 0 spiro atoms. The first-order valence-electron chi connectivity index (χ1n) is 7.58. The van der Waals surface area contributed by atoms with Crippen LogP contribution in [0.5, 0.6) is 0 Å². The Morgan fingerprint density at radius 1 is 1.04 bits per heavy atom. The Morgan fingerprint density at radius 3 is 2.39 bits per heavy atom. The molecule has 1 N–H and O–H groups in total. The summed E-state index contributed by atoms with van der Waals surface area (Å²) in [7, 11) is 0. The Hall–Kier alpha value is -2.21. The smallest absolute Gasteiger partial charge is 0.338 e. The van der Waals surface area contributed by atoms with Crippen LogP contribution in [0.1, 0.15) is 35.7 Å². The van der Waals surface area contributed by atoms with Gasteiger partial charge < -0.3 is 14.8 Å². The number of hydrogen-bond acceptors (Lipinski definition) is 6. The average molecular weight is 321 g/mol. The number of carbonyl (C=O) groups is 3. The zero-order chi connectivity index (χ0) is 17.1. The van der Waals surface area contributed by atoms with Gasteiger partial charge in [0.1, 0.15) is 12.4 Å². The van der Waals surface area contributed by atoms with E-state index in [4.69, 9.17) is 9.47 Å². The lowest BCUT2D eigenvalue weighted by Crippen LogP contribution is -2.27. The number of carbonyl (C=O) groups excluding carboxylic acids is 3. The largest absolute Gasteiger partial charge is 0.466 e. The van der Waals surface area contributed by atoms with Crippen molar-refractivity contribution in [2.45, 2.75) is 26.7 Å². The first kappa shape index (κ1) is 18.8. The quantitative estimate of drug-likeness (QED) is 0.521. The number of ether oxygens (including phenoxy) is 2. The third-order valence-electron chi connectivity index (χ3n) is 3.03. The normalized spacial score (nSPS) is 10.2. The van der Waals surface area contributed by atoms with E-state index in [0.717, 1.165) is 5.56 Å². The molecule has 0 aliphatic rings. The minimum atomic E-state index is -0.375. The van der Waals surface area contributed by atoms with E-state index >= 15 is 0 Å². The highest BCUT2D eigenvalue weighted by Gasteiger charge is 2.06. The predicted octanol–water partition coefficient (Wildman–Crippen LogP) is 1.65. The molecule has 6 nitrogen and oxygen atoms in total. The molecule has 1 aromatic rings. The Kier molecular flexibility index (Phi) is 8.60. The highest BCUT2D eigenvalue weighted by molar-refractivity contribution is 5.89. The van der Waals surface area contributed by atoms with E-state index < -0.39 is 0 Å². The van der Waals surface area contributed by atoms with Crippen LogP contribution in [0.15, 0.2) is 24.3 Å². The van der Waals surface area contributed by atoms with Gasteiger partial charge in [-0.2, -0.15) is 0 Å². The molecule has 0 heterocycles. The topological polar surface area (TPSA) is 81.7 Å². The zero-order valence-corrected chi connectivity index (χ0v) is 13.6. The maximum atomic E-state index is 11.7. The number of esters is 2. The van der Waals surface area contributed by atoms with E-state index in [-0.39, 0.29) is 37.5 Å². The Morgan fingerprint density at radius 2 is 1.74 bits per heavy atom. The van der Waals surface area contributed by atoms with Gasteiger partial charge in [-0.3, -0.25) is 9.59 Å². The molecule has 0 bridgehead atoms. The van der Waals surface area contributed by atoms with Crippen LogP contribution in [0.4, 0.5) is 0 Å². The molecule has 1 aromatic carbocycles. The van der Waals surface area contributed by atoms with Crippen molar-refractivity contribution in [1.29, 1.82) is 0 Å². The van der Waals surface area contributed by atoms with Crippen LogP contribution in [0.3, 0.4) is 0 Å². The lowest BCUT2D eigenvalue weighted by Gasteiger charge is -2.07. The van der Waals surface area contributed by atoms with Gasteiger partial charge in [0.05, 0.1) is 18.7 Å². The number of nitrogens with one attached hydrogen (secondary N) is 1. The van der Waals surface area contributed by atoms with Gasteiger partial charge in [-0.05, 0) is 25.5 Å². The summed E-state index contributed by atoms with van der Waals surface area (Å²) in [5, 5.41) is 2.92. The van der Waals surface area contributed by atoms with Crippen molar-refractivity contribution < 1.29 is 23.9 Å². The summed E-state index contributed by atoms with van der Waals surface area (Å²) in [6.07, 6.45) is 0.867. The molecule has 0 unspecified atom stereocenters. The molecule has 0 aliphatic heterocycles. The number of ketones is 1. The second-order valence-corrected chi connectivity index (χ2v) is 5.16. The summed E-state index contributed by atoms with van der Waals surface area (Å²) in [6, 6.07) is 7.14. The molecule has 0 atom stereocenters. The third-order valence-corrected chi connectivity index (χ3v) is 3.03. The van der Waals surface area contributed by atoms with Crippen LogP contribution in [0, 0.1) is 6.92 Å². The van der Waals surface area contributed by atoms with Crippen LogP contribution in [0.2, 0.25) is 0 Å². The molecule has 6 heteroatoms. The first-order valence-corrected chi connectivity index (χ1v) is 7.58. The van der Waals surface area contributed by atoms with Gasteiger partial charge in [0.25, 0.3) is 0 Å². The lowest BCUT2D eigenvalue weighted by molar-refractivity contribution is -0.141. The van der Waals surface area contributed by atoms with Gasteiger partial charge in [0.15, 0.2) is 0 Å². The minimum Gasteiger partial charge on any atom is -0.466 e. The molecule has 23 heavy (non-hydrogen) atoms. The van der Waals surface area contributed by atoms with E-state index in [1.165, 1.54) is 6.92 Å².